The summed E-state index contributed by atoms with van der Waals surface area (Å²) in [5.41, 5.74) is 1.46. The second kappa shape index (κ2) is 7.92. The number of nitrogens with one attached hydrogen (secondary N) is 1. The lowest BCUT2D eigenvalue weighted by Crippen LogP contribution is -2.36. The quantitative estimate of drug-likeness (QED) is 0.734. The van der Waals surface area contributed by atoms with Crippen molar-refractivity contribution in [2.24, 2.45) is 0 Å². The molecule has 6 nitrogen and oxygen atoms in total. The van der Waals surface area contributed by atoms with E-state index in [0.29, 0.717) is 17.2 Å². The fraction of sp³-hybridized carbons (Fsp3) is 0.350. The van der Waals surface area contributed by atoms with E-state index in [1.54, 1.807) is 4.57 Å². The summed E-state index contributed by atoms with van der Waals surface area (Å²) >= 11 is 1.41. The predicted molar refractivity (Wildman–Crippen MR) is 110 cm³/mol. The molecule has 0 radical (unpaired) electrons. The molecule has 27 heavy (non-hydrogen) atoms. The van der Waals surface area contributed by atoms with Crippen molar-refractivity contribution in [2.45, 2.75) is 32.2 Å². The molecule has 1 amide bonds. The fourth-order valence-electron chi connectivity index (χ4n) is 3.43. The van der Waals surface area contributed by atoms with Crippen LogP contribution in [0.25, 0.3) is 10.2 Å². The maximum Gasteiger partial charge on any atom is 0.272 e. The van der Waals surface area contributed by atoms with Gasteiger partial charge < -0.3 is 10.2 Å². The summed E-state index contributed by atoms with van der Waals surface area (Å²) < 4.78 is 2.33. The number of hydrogen-bond donors (Lipinski definition) is 1. The van der Waals surface area contributed by atoms with E-state index in [0.717, 1.165) is 37.1 Å². The van der Waals surface area contributed by atoms with Crippen LogP contribution < -0.4 is 15.8 Å². The lowest BCUT2D eigenvalue weighted by Gasteiger charge is -2.29. The molecule has 0 aliphatic carbocycles. The van der Waals surface area contributed by atoms with E-state index in [9.17, 15) is 9.59 Å². The Morgan fingerprint density at radius 2 is 1.89 bits per heavy atom. The lowest BCUT2D eigenvalue weighted by atomic mass is 10.1. The molecule has 0 unspecified atom stereocenters. The van der Waals surface area contributed by atoms with Crippen LogP contribution in [0.2, 0.25) is 0 Å². The summed E-state index contributed by atoms with van der Waals surface area (Å²) in [6.45, 7) is 2.13. The Morgan fingerprint density at radius 1 is 1.11 bits per heavy atom. The van der Waals surface area contributed by atoms with E-state index in [1.807, 2.05) is 41.8 Å². The highest BCUT2D eigenvalue weighted by Crippen LogP contribution is 2.22. The molecule has 7 heteroatoms. The fourth-order valence-corrected chi connectivity index (χ4v) is 4.21. The number of amides is 1. The summed E-state index contributed by atoms with van der Waals surface area (Å²) in [6.07, 6.45) is 3.65. The van der Waals surface area contributed by atoms with E-state index >= 15 is 0 Å². The molecule has 2 aromatic heterocycles. The van der Waals surface area contributed by atoms with Gasteiger partial charge in [-0.25, -0.2) is 4.98 Å². The summed E-state index contributed by atoms with van der Waals surface area (Å²) in [5, 5.41) is 4.77. The third-order valence-electron chi connectivity index (χ3n) is 4.80. The average Bonchev–Trinajstić information content (AvgIpc) is 3.17. The number of aromatic nitrogens is 2. The number of anilines is 2. The highest BCUT2D eigenvalue weighted by molar-refractivity contribution is 7.17. The van der Waals surface area contributed by atoms with Gasteiger partial charge in [-0.2, -0.15) is 0 Å². The minimum absolute atomic E-state index is 0.0527. The molecule has 3 aromatic rings. The zero-order valence-electron chi connectivity index (χ0n) is 15.1. The van der Waals surface area contributed by atoms with Gasteiger partial charge >= 0.3 is 0 Å². The van der Waals surface area contributed by atoms with Crippen LogP contribution in [-0.2, 0) is 11.3 Å². The van der Waals surface area contributed by atoms with Gasteiger partial charge in [0.25, 0.3) is 5.56 Å². The Kier molecular flexibility index (Phi) is 5.20. The summed E-state index contributed by atoms with van der Waals surface area (Å²) in [4.78, 5) is 32.3. The smallest absolute Gasteiger partial charge is 0.272 e. The zero-order chi connectivity index (χ0) is 18.6. The van der Waals surface area contributed by atoms with Crippen LogP contribution in [0, 0.1) is 0 Å². The maximum absolute atomic E-state index is 13.0. The van der Waals surface area contributed by atoms with Crippen molar-refractivity contribution in [3.8, 4) is 0 Å². The van der Waals surface area contributed by atoms with Gasteiger partial charge in [0.05, 0.1) is 5.52 Å². The first-order valence-electron chi connectivity index (χ1n) is 9.30. The van der Waals surface area contributed by atoms with Crippen LogP contribution in [0.15, 0.2) is 46.6 Å². The summed E-state index contributed by atoms with van der Waals surface area (Å²) in [7, 11) is 0. The van der Waals surface area contributed by atoms with Gasteiger partial charge in [-0.15, -0.1) is 11.3 Å². The number of thiophene rings is 1. The molecule has 1 saturated heterocycles. The first-order chi connectivity index (χ1) is 13.2. The zero-order valence-corrected chi connectivity index (χ0v) is 15.9. The second-order valence-electron chi connectivity index (χ2n) is 6.72. The first-order valence-corrected chi connectivity index (χ1v) is 10.2. The standard InChI is InChI=1S/C20H22N4O2S/c25-17(21-15-7-3-1-4-8-15)9-13-24-19(26)18-16(10-14-27-18)22-20(24)23-11-5-2-6-12-23/h1,3-4,7-8,10,14H,2,5-6,9,11-13H2,(H,21,25). The SMILES string of the molecule is O=C(CCn1c(N2CCCCC2)nc2ccsc2c1=O)Nc1ccccc1. The summed E-state index contributed by atoms with van der Waals surface area (Å²) in [5.74, 6) is 0.585. The highest BCUT2D eigenvalue weighted by Gasteiger charge is 2.20. The molecule has 0 bridgehead atoms. The number of benzene rings is 1. The van der Waals surface area contributed by atoms with Crippen LogP contribution in [0.4, 0.5) is 11.6 Å². The maximum atomic E-state index is 13.0. The molecule has 1 fully saturated rings. The molecule has 1 aliphatic rings. The molecule has 1 aromatic carbocycles. The average molecular weight is 382 g/mol. The number of carbonyl (C=O) groups is 1. The monoisotopic (exact) mass is 382 g/mol. The van der Waals surface area contributed by atoms with Crippen LogP contribution in [0.1, 0.15) is 25.7 Å². The van der Waals surface area contributed by atoms with E-state index in [-0.39, 0.29) is 17.9 Å². The number of rotatable bonds is 5. The molecule has 4 rings (SSSR count). The van der Waals surface area contributed by atoms with E-state index in [1.165, 1.54) is 17.8 Å². The molecule has 0 atom stereocenters. The molecule has 0 spiro atoms. The Morgan fingerprint density at radius 3 is 2.67 bits per heavy atom. The Labute approximate surface area is 161 Å². The minimum atomic E-state index is -0.107. The van der Waals surface area contributed by atoms with E-state index in [2.05, 4.69) is 10.2 Å². The number of fused-ring (bicyclic) bond motifs is 1. The summed E-state index contributed by atoms with van der Waals surface area (Å²) in [6, 6.07) is 11.3. The van der Waals surface area contributed by atoms with Crippen molar-refractivity contribution >= 4 is 39.1 Å². The molecule has 0 saturated carbocycles. The predicted octanol–water partition coefficient (Wildman–Crippen LogP) is 3.48. The molecule has 1 N–H and O–H groups in total. The minimum Gasteiger partial charge on any atom is -0.342 e. The van der Waals surface area contributed by atoms with Crippen molar-refractivity contribution in [1.29, 1.82) is 0 Å². The Hall–Kier alpha value is -2.67. The van der Waals surface area contributed by atoms with Crippen molar-refractivity contribution in [1.82, 2.24) is 9.55 Å². The van der Waals surface area contributed by atoms with Crippen molar-refractivity contribution in [2.75, 3.05) is 23.3 Å². The Bertz CT molecular complexity index is 990. The van der Waals surface area contributed by atoms with Gasteiger partial charge in [-0.3, -0.25) is 14.2 Å². The Balaban J connectivity index is 1.58. The molecule has 3 heterocycles. The van der Waals surface area contributed by atoms with Crippen LogP contribution >= 0.6 is 11.3 Å². The van der Waals surface area contributed by atoms with Crippen LogP contribution in [-0.4, -0.2) is 28.5 Å². The van der Waals surface area contributed by atoms with Gasteiger partial charge in [0.15, 0.2) is 0 Å². The normalized spacial score (nSPS) is 14.4. The highest BCUT2D eigenvalue weighted by atomic mass is 32.1. The van der Waals surface area contributed by atoms with Gasteiger partial charge in [-0.1, -0.05) is 18.2 Å². The number of nitrogens with zero attached hydrogens (tertiary/aromatic N) is 3. The van der Waals surface area contributed by atoms with Gasteiger partial charge in [0.2, 0.25) is 11.9 Å². The first kappa shape index (κ1) is 17.7. The number of hydrogen-bond acceptors (Lipinski definition) is 5. The molecule has 1 aliphatic heterocycles. The third kappa shape index (κ3) is 3.88. The van der Waals surface area contributed by atoms with Gasteiger partial charge in [-0.05, 0) is 42.8 Å². The lowest BCUT2D eigenvalue weighted by molar-refractivity contribution is -0.116. The van der Waals surface area contributed by atoms with E-state index < -0.39 is 0 Å². The second-order valence-corrected chi connectivity index (χ2v) is 7.63. The van der Waals surface area contributed by atoms with Crippen molar-refractivity contribution in [3.63, 3.8) is 0 Å². The van der Waals surface area contributed by atoms with E-state index in [4.69, 9.17) is 4.98 Å². The molecular weight excluding hydrogens is 360 g/mol. The molecule has 140 valence electrons. The number of para-hydroxylation sites is 1. The largest absolute Gasteiger partial charge is 0.342 e. The topological polar surface area (TPSA) is 67.2 Å². The number of piperidine rings is 1. The van der Waals surface area contributed by atoms with Crippen molar-refractivity contribution in [3.05, 3.63) is 52.1 Å². The third-order valence-corrected chi connectivity index (χ3v) is 5.70. The van der Waals surface area contributed by atoms with Crippen LogP contribution in [0.3, 0.4) is 0 Å². The van der Waals surface area contributed by atoms with Gasteiger partial charge in [0, 0.05) is 31.7 Å². The van der Waals surface area contributed by atoms with Crippen molar-refractivity contribution < 1.29 is 4.79 Å². The van der Waals surface area contributed by atoms with Gasteiger partial charge in [0.1, 0.15) is 4.70 Å². The number of carbonyl (C=O) groups excluding carboxylic acids is 1. The molecular formula is C20H22N4O2S. The van der Waals surface area contributed by atoms with Crippen LogP contribution in [0.5, 0.6) is 0 Å².